The van der Waals surface area contributed by atoms with Gasteiger partial charge in [0, 0.05) is 0 Å². The van der Waals surface area contributed by atoms with E-state index in [-0.39, 0.29) is 0 Å². The first-order valence-corrected chi connectivity index (χ1v) is 12.6. The predicted molar refractivity (Wildman–Crippen MR) is 152 cm³/mol. The van der Waals surface area contributed by atoms with Crippen LogP contribution in [0, 0.1) is 0 Å². The molecule has 0 atom stereocenters. The van der Waals surface area contributed by atoms with Crippen LogP contribution in [0.15, 0.2) is 85.0 Å². The van der Waals surface area contributed by atoms with E-state index in [4.69, 9.17) is 0 Å². The Hall–Kier alpha value is -3.15. The average Bonchev–Trinajstić information content (AvgIpc) is 2.88. The van der Waals surface area contributed by atoms with E-state index in [9.17, 15) is 20.1 Å². The summed E-state index contributed by atoms with van der Waals surface area (Å²) < 4.78 is 0. The molecule has 2 aliphatic carbocycles. The molecule has 0 aliphatic heterocycles. The quantitative estimate of drug-likeness (QED) is 0.333. The van der Waals surface area contributed by atoms with E-state index in [1.807, 2.05) is 36.4 Å². The van der Waals surface area contributed by atoms with Crippen molar-refractivity contribution in [2.24, 2.45) is 0 Å². The Morgan fingerprint density at radius 2 is 0.917 bits per heavy atom. The van der Waals surface area contributed by atoms with Gasteiger partial charge in [0.05, 0.1) is 0 Å². The molecule has 0 radical (unpaired) electrons. The Labute approximate surface area is 214 Å². The molecule has 36 heavy (non-hydrogen) atoms. The third kappa shape index (κ3) is 6.74. The molecule has 0 aromatic heterocycles. The number of hydrogen-bond acceptors (Lipinski definition) is 4. The molecule has 0 heterocycles. The van der Waals surface area contributed by atoms with Crippen molar-refractivity contribution in [1.82, 2.24) is 0 Å². The van der Waals surface area contributed by atoms with Gasteiger partial charge in [0.15, 0.2) is 0 Å². The second kappa shape index (κ2) is 12.7. The zero-order valence-electron chi connectivity index (χ0n) is 20.4. The maximum absolute atomic E-state index is 9.74. The highest BCUT2D eigenvalue weighted by Gasteiger charge is 2.16. The zero-order valence-corrected chi connectivity index (χ0v) is 20.4. The molecule has 3 aromatic rings. The van der Waals surface area contributed by atoms with Gasteiger partial charge >= 0.3 is 14.2 Å². The molecule has 0 unspecified atom stereocenters. The van der Waals surface area contributed by atoms with E-state index in [1.165, 1.54) is 0 Å². The maximum Gasteiger partial charge on any atom is 0.488 e. The summed E-state index contributed by atoms with van der Waals surface area (Å²) in [6, 6.07) is 19.0. The van der Waals surface area contributed by atoms with E-state index >= 15 is 0 Å². The molecule has 0 amide bonds. The van der Waals surface area contributed by atoms with Gasteiger partial charge in [-0.25, -0.2) is 0 Å². The van der Waals surface area contributed by atoms with Crippen molar-refractivity contribution in [3.8, 4) is 22.3 Å². The van der Waals surface area contributed by atoms with Crippen molar-refractivity contribution >= 4 is 37.3 Å². The Balaban J connectivity index is 1.90. The Morgan fingerprint density at radius 3 is 1.33 bits per heavy atom. The Bertz CT molecular complexity index is 1160. The van der Waals surface area contributed by atoms with Gasteiger partial charge < -0.3 is 20.1 Å². The van der Waals surface area contributed by atoms with Gasteiger partial charge in [0.1, 0.15) is 0 Å². The van der Waals surface area contributed by atoms with Crippen LogP contribution in [0.4, 0.5) is 0 Å². The molecule has 0 spiro atoms. The molecule has 4 nitrogen and oxygen atoms in total. The Morgan fingerprint density at radius 1 is 0.500 bits per heavy atom. The van der Waals surface area contributed by atoms with E-state index in [0.29, 0.717) is 10.9 Å². The van der Waals surface area contributed by atoms with Crippen LogP contribution in [0.2, 0.25) is 0 Å². The molecule has 0 saturated carbocycles. The number of fused-ring (bicyclic) bond motifs is 10. The van der Waals surface area contributed by atoms with Crippen molar-refractivity contribution in [2.45, 2.75) is 38.5 Å². The van der Waals surface area contributed by atoms with E-state index < -0.39 is 14.2 Å². The standard InChI is InChI=1S/C30H32B2O4/c33-31(34)27-17-11-15-23(19-27)29-22-26-14-10-8-6-4-2-1-3-5-7-9-13-25(29)21-30(26)24-16-12-18-28(20-24)32(35)36/h1-2,9-22,33-36H,3-8H2/b2-1-,13-9-,14-10-. The molecule has 182 valence electrons. The fourth-order valence-electron chi connectivity index (χ4n) is 4.51. The largest absolute Gasteiger partial charge is 0.488 e. The number of allylic oxidation sites excluding steroid dienone is 4. The third-order valence-corrected chi connectivity index (χ3v) is 6.46. The Kier molecular flexibility index (Phi) is 9.15. The van der Waals surface area contributed by atoms with Crippen LogP contribution in [-0.2, 0) is 0 Å². The first kappa shape index (κ1) is 25.9. The summed E-state index contributed by atoms with van der Waals surface area (Å²) in [6.07, 6.45) is 19.4. The first-order chi connectivity index (χ1) is 17.5. The second-order valence-corrected chi connectivity index (χ2v) is 9.16. The van der Waals surface area contributed by atoms with Gasteiger partial charge in [0.2, 0.25) is 0 Å². The van der Waals surface area contributed by atoms with E-state index in [2.05, 4.69) is 48.6 Å². The predicted octanol–water partition coefficient (Wildman–Crippen LogP) is 4.32. The molecule has 2 bridgehead atoms. The lowest BCUT2D eigenvalue weighted by Gasteiger charge is -2.16. The molecule has 5 rings (SSSR count). The lowest BCUT2D eigenvalue weighted by Crippen LogP contribution is -2.29. The van der Waals surface area contributed by atoms with E-state index in [0.717, 1.165) is 71.9 Å². The number of benzene rings is 3. The van der Waals surface area contributed by atoms with Gasteiger partial charge in [-0.2, -0.15) is 0 Å². The summed E-state index contributed by atoms with van der Waals surface area (Å²) in [6.45, 7) is 0. The molecule has 0 saturated heterocycles. The summed E-state index contributed by atoms with van der Waals surface area (Å²) in [5.74, 6) is 0. The van der Waals surface area contributed by atoms with Gasteiger partial charge in [-0.15, -0.1) is 0 Å². The molecule has 2 aliphatic rings. The fraction of sp³-hybridized carbons (Fsp3) is 0.200. The highest BCUT2D eigenvalue weighted by Crippen LogP contribution is 2.34. The van der Waals surface area contributed by atoms with Gasteiger partial charge in [0.25, 0.3) is 0 Å². The van der Waals surface area contributed by atoms with Crippen molar-refractivity contribution in [2.75, 3.05) is 0 Å². The molecule has 3 aromatic carbocycles. The van der Waals surface area contributed by atoms with Crippen LogP contribution in [0.3, 0.4) is 0 Å². The molecule has 6 heteroatoms. The highest BCUT2D eigenvalue weighted by atomic mass is 16.4. The van der Waals surface area contributed by atoms with Crippen LogP contribution in [0.25, 0.3) is 34.4 Å². The van der Waals surface area contributed by atoms with Crippen LogP contribution >= 0.6 is 0 Å². The topological polar surface area (TPSA) is 80.9 Å². The van der Waals surface area contributed by atoms with Crippen molar-refractivity contribution in [1.29, 1.82) is 0 Å². The average molecular weight is 478 g/mol. The number of rotatable bonds is 4. The minimum atomic E-state index is -1.53. The van der Waals surface area contributed by atoms with Crippen LogP contribution in [0.5, 0.6) is 0 Å². The third-order valence-electron chi connectivity index (χ3n) is 6.46. The fourth-order valence-corrected chi connectivity index (χ4v) is 4.51. The smallest absolute Gasteiger partial charge is 0.423 e. The minimum absolute atomic E-state index is 0.446. The summed E-state index contributed by atoms with van der Waals surface area (Å²) >= 11 is 0. The SMILES string of the molecule is OB(O)c1cccc(-c2cc3c(-c4cccc(B(O)O)c4)cc2/C=C\CCC/C=C\CCC/C=C\3)c1. The monoisotopic (exact) mass is 478 g/mol. The van der Waals surface area contributed by atoms with Crippen molar-refractivity contribution in [3.63, 3.8) is 0 Å². The van der Waals surface area contributed by atoms with Gasteiger partial charge in [-0.1, -0.05) is 85.0 Å². The first-order valence-electron chi connectivity index (χ1n) is 12.6. The zero-order chi connectivity index (χ0) is 25.3. The maximum atomic E-state index is 9.74. The van der Waals surface area contributed by atoms with Crippen LogP contribution < -0.4 is 10.9 Å². The molecular formula is C30H32B2O4. The lowest BCUT2D eigenvalue weighted by molar-refractivity contribution is 0.424. The van der Waals surface area contributed by atoms with Crippen molar-refractivity contribution in [3.05, 3.63) is 96.1 Å². The summed E-state index contributed by atoms with van der Waals surface area (Å²) in [4.78, 5) is 0. The minimum Gasteiger partial charge on any atom is -0.423 e. The molecule has 4 N–H and O–H groups in total. The highest BCUT2D eigenvalue weighted by molar-refractivity contribution is 6.59. The second-order valence-electron chi connectivity index (χ2n) is 9.16. The summed E-state index contributed by atoms with van der Waals surface area (Å²) in [5.41, 5.74) is 6.75. The lowest BCUT2D eigenvalue weighted by atomic mass is 9.78. The summed E-state index contributed by atoms with van der Waals surface area (Å²) in [7, 11) is -3.07. The molecule has 0 fully saturated rings. The van der Waals surface area contributed by atoms with Gasteiger partial charge in [-0.3, -0.25) is 0 Å². The summed E-state index contributed by atoms with van der Waals surface area (Å²) in [5, 5.41) is 39.0. The van der Waals surface area contributed by atoms with E-state index in [1.54, 1.807) is 12.1 Å². The molecular weight excluding hydrogens is 446 g/mol. The van der Waals surface area contributed by atoms with Crippen LogP contribution in [0.1, 0.15) is 49.7 Å². The normalized spacial score (nSPS) is 16.9. The van der Waals surface area contributed by atoms with Gasteiger partial charge in [-0.05, 0) is 95.0 Å². The van der Waals surface area contributed by atoms with Crippen LogP contribution in [-0.4, -0.2) is 34.3 Å². The van der Waals surface area contributed by atoms with Crippen molar-refractivity contribution < 1.29 is 20.1 Å². The number of hydrogen-bond donors (Lipinski definition) is 4.